The Morgan fingerprint density at radius 3 is 2.15 bits per heavy atom. The fourth-order valence-corrected chi connectivity index (χ4v) is 9.41. The number of likely N-dealkylation sites (tertiary alicyclic amines) is 1. The van der Waals surface area contributed by atoms with Gasteiger partial charge < -0.3 is 48.7 Å². The van der Waals surface area contributed by atoms with E-state index in [1.807, 2.05) is 56.3 Å². The monoisotopic (exact) mass is 831 g/mol. The summed E-state index contributed by atoms with van der Waals surface area (Å²) in [7, 11) is 1.26. The number of nitrogens with one attached hydrogen (secondary N) is 3. The maximum absolute atomic E-state index is 14.8. The molecule has 2 aromatic carbocycles. The number of phenols is 1. The SMILES string of the molecule is CC[C@H](C)[C@H](NC(=O)[C@H](CCCN=C(N)N)NC(=O)[C@H](CCCN=C(N)N)NC(=O)[C@]1(c2ccccc2)C[C@@H]1CN1CC[C@@]2(C)c3cc(O)ccc3CC1C2C)C(=O)OC. The number of amides is 3. The van der Waals surface area contributed by atoms with Crippen LogP contribution in [0.25, 0.3) is 0 Å². The Morgan fingerprint density at radius 1 is 0.933 bits per heavy atom. The highest BCUT2D eigenvalue weighted by molar-refractivity contribution is 5.97. The number of methoxy groups -OCH3 is 1. The zero-order valence-electron chi connectivity index (χ0n) is 35.8. The third-order valence-corrected chi connectivity index (χ3v) is 13.5. The first-order valence-corrected chi connectivity index (χ1v) is 21.3. The van der Waals surface area contributed by atoms with Crippen molar-refractivity contribution in [3.05, 3.63) is 65.2 Å². The molecule has 12 N–H and O–H groups in total. The fourth-order valence-electron chi connectivity index (χ4n) is 9.41. The van der Waals surface area contributed by atoms with Crippen LogP contribution in [0, 0.1) is 17.8 Å². The molecule has 5 rings (SSSR count). The summed E-state index contributed by atoms with van der Waals surface area (Å²) < 4.78 is 4.98. The Kier molecular flexibility index (Phi) is 15.1. The van der Waals surface area contributed by atoms with Gasteiger partial charge in [-0.3, -0.25) is 29.3 Å². The lowest BCUT2D eigenvalue weighted by atomic mass is 9.59. The predicted molar refractivity (Wildman–Crippen MR) is 232 cm³/mol. The van der Waals surface area contributed by atoms with Crippen LogP contribution in [0.3, 0.4) is 0 Å². The van der Waals surface area contributed by atoms with E-state index in [-0.39, 0.29) is 67.1 Å². The molecule has 1 saturated carbocycles. The van der Waals surface area contributed by atoms with Gasteiger partial charge >= 0.3 is 5.97 Å². The summed E-state index contributed by atoms with van der Waals surface area (Å²) >= 11 is 0. The van der Waals surface area contributed by atoms with Gasteiger partial charge in [-0.15, -0.1) is 0 Å². The number of carbonyl (C=O) groups is 4. The minimum absolute atomic E-state index is 0.0205. The van der Waals surface area contributed by atoms with Gasteiger partial charge in [0, 0.05) is 25.7 Å². The number of piperidine rings is 1. The van der Waals surface area contributed by atoms with Crippen molar-refractivity contribution in [3.8, 4) is 5.75 Å². The van der Waals surface area contributed by atoms with E-state index in [0.717, 1.165) is 24.9 Å². The molecule has 0 radical (unpaired) electrons. The summed E-state index contributed by atoms with van der Waals surface area (Å²) in [5.41, 5.74) is 24.6. The van der Waals surface area contributed by atoms with Crippen LogP contribution < -0.4 is 38.9 Å². The largest absolute Gasteiger partial charge is 0.508 e. The number of esters is 1. The first-order valence-electron chi connectivity index (χ1n) is 21.3. The molecule has 9 atom stereocenters. The lowest BCUT2D eigenvalue weighted by Gasteiger charge is -2.55. The number of aromatic hydroxyl groups is 1. The molecule has 2 fully saturated rings. The summed E-state index contributed by atoms with van der Waals surface area (Å²) in [5.74, 6) is -1.84. The lowest BCUT2D eigenvalue weighted by Crippen LogP contribution is -2.59. The molecule has 16 heteroatoms. The van der Waals surface area contributed by atoms with Crippen molar-refractivity contribution in [2.45, 2.75) is 114 Å². The van der Waals surface area contributed by atoms with Crippen molar-refractivity contribution >= 4 is 35.6 Å². The van der Waals surface area contributed by atoms with Gasteiger partial charge in [-0.2, -0.15) is 0 Å². The third kappa shape index (κ3) is 10.3. The topological polar surface area (TPSA) is 266 Å². The van der Waals surface area contributed by atoms with Crippen LogP contribution in [0.4, 0.5) is 0 Å². The summed E-state index contributed by atoms with van der Waals surface area (Å²) in [6.45, 7) is 10.3. The van der Waals surface area contributed by atoms with Gasteiger partial charge in [-0.05, 0) is 103 Å². The molecule has 2 unspecified atom stereocenters. The van der Waals surface area contributed by atoms with Crippen LogP contribution in [-0.2, 0) is 41.2 Å². The van der Waals surface area contributed by atoms with E-state index in [2.05, 4.69) is 44.7 Å². The van der Waals surface area contributed by atoms with Crippen molar-refractivity contribution in [2.24, 2.45) is 50.7 Å². The molecule has 60 heavy (non-hydrogen) atoms. The van der Waals surface area contributed by atoms with Crippen LogP contribution in [-0.4, -0.2) is 103 Å². The molecule has 2 aliphatic carbocycles. The molecule has 3 amide bonds. The highest BCUT2D eigenvalue weighted by Gasteiger charge is 2.62. The molecular weight excluding hydrogens is 765 g/mol. The molecule has 0 spiro atoms. The molecule has 2 aromatic rings. The van der Waals surface area contributed by atoms with Crippen molar-refractivity contribution in [1.82, 2.24) is 20.9 Å². The Bertz CT molecular complexity index is 1900. The van der Waals surface area contributed by atoms with Crippen molar-refractivity contribution in [1.29, 1.82) is 0 Å². The number of hydrogen-bond acceptors (Lipinski definition) is 9. The Morgan fingerprint density at radius 2 is 1.55 bits per heavy atom. The van der Waals surface area contributed by atoms with Crippen molar-refractivity contribution < 1.29 is 29.0 Å². The molecule has 3 aliphatic rings. The number of aliphatic imine (C=N–C) groups is 2. The average Bonchev–Trinajstić information content (AvgIpc) is 3.96. The molecule has 2 bridgehead atoms. The second-order valence-corrected chi connectivity index (χ2v) is 17.2. The Hall–Kier alpha value is -5.38. The van der Waals surface area contributed by atoms with Gasteiger partial charge in [-0.1, -0.05) is 70.5 Å². The molecule has 1 aliphatic heterocycles. The van der Waals surface area contributed by atoms with Crippen LogP contribution in [0.15, 0.2) is 58.5 Å². The Labute approximate surface area is 353 Å². The maximum atomic E-state index is 14.8. The van der Waals surface area contributed by atoms with E-state index in [0.29, 0.717) is 43.9 Å². The van der Waals surface area contributed by atoms with Crippen molar-refractivity contribution in [2.75, 3.05) is 33.3 Å². The average molecular weight is 831 g/mol. The summed E-state index contributed by atoms with van der Waals surface area (Å²) in [6.07, 6.45) is 4.01. The first kappa shape index (κ1) is 45.7. The van der Waals surface area contributed by atoms with Crippen LogP contribution in [0.2, 0.25) is 0 Å². The van der Waals surface area contributed by atoms with E-state index in [9.17, 15) is 24.3 Å². The van der Waals surface area contributed by atoms with Crippen molar-refractivity contribution in [3.63, 3.8) is 0 Å². The minimum atomic E-state index is -1.09. The summed E-state index contributed by atoms with van der Waals surface area (Å²) in [6, 6.07) is 12.6. The molecule has 328 valence electrons. The van der Waals surface area contributed by atoms with Gasteiger partial charge in [0.05, 0.1) is 12.5 Å². The van der Waals surface area contributed by atoms with Gasteiger partial charge in [0.25, 0.3) is 0 Å². The van der Waals surface area contributed by atoms with Crippen LogP contribution >= 0.6 is 0 Å². The second-order valence-electron chi connectivity index (χ2n) is 17.2. The van der Waals surface area contributed by atoms with Gasteiger partial charge in [0.15, 0.2) is 11.9 Å². The minimum Gasteiger partial charge on any atom is -0.508 e. The van der Waals surface area contributed by atoms with Gasteiger partial charge in [0.2, 0.25) is 17.7 Å². The van der Waals surface area contributed by atoms with E-state index in [4.69, 9.17) is 27.7 Å². The predicted octanol–water partition coefficient (Wildman–Crippen LogP) is 1.66. The van der Waals surface area contributed by atoms with E-state index < -0.39 is 41.3 Å². The summed E-state index contributed by atoms with van der Waals surface area (Å²) in [4.78, 5) is 66.4. The first-order chi connectivity index (χ1) is 28.5. The molecule has 0 aromatic heterocycles. The number of benzene rings is 2. The number of phenolic OH excluding ortho intramolecular Hbond substituents is 1. The number of ether oxygens (including phenoxy) is 1. The number of fused-ring (bicyclic) bond motifs is 4. The standard InChI is InChI=1S/C44H66N10O6/c1-6-26(2)36(39(58)60-5)53-38(57)33(14-10-19-49-41(45)46)51-37(56)34(15-11-20-50-42(47)48)52-40(59)44(29-12-8-7-9-13-29)24-30(44)25-54-21-18-43(4)27(3)35(54)22-28-16-17-31(55)23-32(28)43/h7-9,12-13,16-17,23,26-27,30,33-36,55H,6,10-11,14-15,18-22,24-25H2,1-5H3,(H,51,56)(H,52,59)(H,53,57)(H4,45,46,49)(H4,47,48,50)/t26-,27?,30+,33-,34-,35?,36-,43+,44-/m0/s1. The number of rotatable bonds is 20. The quantitative estimate of drug-likeness (QED) is 0.0412. The molecule has 1 heterocycles. The number of nitrogens with zero attached hydrogens (tertiary/aromatic N) is 3. The number of guanidine groups is 2. The smallest absolute Gasteiger partial charge is 0.328 e. The Balaban J connectivity index is 1.38. The highest BCUT2D eigenvalue weighted by Crippen LogP contribution is 2.57. The maximum Gasteiger partial charge on any atom is 0.328 e. The van der Waals surface area contributed by atoms with E-state index >= 15 is 0 Å². The summed E-state index contributed by atoms with van der Waals surface area (Å²) in [5, 5.41) is 19.1. The van der Waals surface area contributed by atoms with E-state index in [1.54, 1.807) is 6.07 Å². The third-order valence-electron chi connectivity index (χ3n) is 13.5. The normalized spacial score (nSPS) is 24.9. The number of hydrogen-bond donors (Lipinski definition) is 8. The molecule has 16 nitrogen and oxygen atoms in total. The number of carbonyl (C=O) groups excluding carboxylic acids is 4. The zero-order chi connectivity index (χ0) is 43.8. The fraction of sp³-hybridized carbons (Fsp3) is 0.591. The molecular formula is C44H66N10O6. The number of nitrogens with two attached hydrogens (primary N) is 4. The second kappa shape index (κ2) is 19.8. The lowest BCUT2D eigenvalue weighted by molar-refractivity contribution is -0.147. The van der Waals surface area contributed by atoms with Gasteiger partial charge in [-0.25, -0.2) is 4.79 Å². The molecule has 1 saturated heterocycles. The van der Waals surface area contributed by atoms with Gasteiger partial charge in [0.1, 0.15) is 23.9 Å². The highest BCUT2D eigenvalue weighted by atomic mass is 16.5. The van der Waals surface area contributed by atoms with Crippen LogP contribution in [0.1, 0.15) is 89.3 Å². The van der Waals surface area contributed by atoms with Crippen LogP contribution in [0.5, 0.6) is 5.75 Å². The zero-order valence-corrected chi connectivity index (χ0v) is 35.8. The van der Waals surface area contributed by atoms with E-state index in [1.165, 1.54) is 18.2 Å².